The minimum atomic E-state index is -0.905. The van der Waals surface area contributed by atoms with Crippen LogP contribution in [-0.4, -0.2) is 24.7 Å². The minimum absolute atomic E-state index is 0.0512. The molecule has 2 rings (SSSR count). The van der Waals surface area contributed by atoms with Crippen LogP contribution in [0.4, 0.5) is 14.5 Å². The summed E-state index contributed by atoms with van der Waals surface area (Å²) in [7, 11) is 0. The van der Waals surface area contributed by atoms with Crippen LogP contribution in [0.3, 0.4) is 0 Å². The van der Waals surface area contributed by atoms with Gasteiger partial charge in [-0.15, -0.1) is 0 Å². The Bertz CT molecular complexity index is 487. The summed E-state index contributed by atoms with van der Waals surface area (Å²) in [5.74, 6) is 2.68. The third kappa shape index (κ3) is 3.23. The molecule has 1 aromatic carbocycles. The van der Waals surface area contributed by atoms with Crippen LogP contribution in [0.15, 0.2) is 12.1 Å². The van der Waals surface area contributed by atoms with E-state index < -0.39 is 23.2 Å². The number of hydrogen-bond donors (Lipinski definition) is 3. The van der Waals surface area contributed by atoms with Crippen molar-refractivity contribution in [2.45, 2.75) is 31.9 Å². The molecule has 4 N–H and O–H groups in total. The number of halogens is 2. The van der Waals surface area contributed by atoms with Crippen LogP contribution >= 0.6 is 0 Å². The number of hydrazine groups is 1. The van der Waals surface area contributed by atoms with Crippen molar-refractivity contribution in [1.29, 1.82) is 0 Å². The topological polar surface area (TPSA) is 76.4 Å². The van der Waals surface area contributed by atoms with E-state index in [2.05, 4.69) is 5.32 Å². The van der Waals surface area contributed by atoms with Gasteiger partial charge in [0.25, 0.3) is 5.91 Å². The van der Waals surface area contributed by atoms with Gasteiger partial charge in [0.15, 0.2) is 11.6 Å². The molecule has 110 valence electrons. The van der Waals surface area contributed by atoms with Gasteiger partial charge in [-0.1, -0.05) is 0 Å². The van der Waals surface area contributed by atoms with E-state index in [1.54, 1.807) is 0 Å². The van der Waals surface area contributed by atoms with Gasteiger partial charge in [0.05, 0.1) is 6.10 Å². The molecule has 1 aliphatic rings. The summed E-state index contributed by atoms with van der Waals surface area (Å²) < 4.78 is 32.4. The van der Waals surface area contributed by atoms with E-state index in [1.807, 2.05) is 12.3 Å². The number of nitrogens with two attached hydrogens (primary N) is 1. The first kappa shape index (κ1) is 14.7. The molecular formula is C13H17F2N3O2. The lowest BCUT2D eigenvalue weighted by molar-refractivity contribution is 0.0136. The number of amides is 1. The fraction of sp³-hybridized carbons (Fsp3) is 0.462. The average molecular weight is 285 g/mol. The van der Waals surface area contributed by atoms with Gasteiger partial charge in [-0.05, 0) is 31.9 Å². The molecule has 1 saturated heterocycles. The molecule has 0 aliphatic carbocycles. The standard InChI is InChI=1S/C13H17F2N3O2/c1-7-4-9(2-3-20-7)17-13(19)8-5-10(14)12(18-16)11(15)6-8/h5-7,9,18H,2-4,16H2,1H3,(H,17,19). The lowest BCUT2D eigenvalue weighted by Crippen LogP contribution is -2.41. The summed E-state index contributed by atoms with van der Waals surface area (Å²) in [6.07, 6.45) is 1.43. The largest absolute Gasteiger partial charge is 0.378 e. The van der Waals surface area contributed by atoms with E-state index in [-0.39, 0.29) is 17.7 Å². The van der Waals surface area contributed by atoms with Gasteiger partial charge in [-0.25, -0.2) is 8.78 Å². The minimum Gasteiger partial charge on any atom is -0.378 e. The zero-order valence-corrected chi connectivity index (χ0v) is 11.1. The molecule has 0 bridgehead atoms. The highest BCUT2D eigenvalue weighted by atomic mass is 19.1. The van der Waals surface area contributed by atoms with E-state index in [4.69, 9.17) is 10.6 Å². The highest BCUT2D eigenvalue weighted by Crippen LogP contribution is 2.20. The third-order valence-electron chi connectivity index (χ3n) is 3.27. The SMILES string of the molecule is CC1CC(NC(=O)c2cc(F)c(NN)c(F)c2)CCO1. The molecule has 5 nitrogen and oxygen atoms in total. The lowest BCUT2D eigenvalue weighted by Gasteiger charge is -2.28. The third-order valence-corrected chi connectivity index (χ3v) is 3.27. The fourth-order valence-electron chi connectivity index (χ4n) is 2.24. The Morgan fingerprint density at radius 1 is 1.40 bits per heavy atom. The molecule has 1 aliphatic heterocycles. The number of nitrogen functional groups attached to an aromatic ring is 1. The molecule has 1 fully saturated rings. The van der Waals surface area contributed by atoms with Gasteiger partial charge < -0.3 is 15.5 Å². The molecular weight excluding hydrogens is 268 g/mol. The smallest absolute Gasteiger partial charge is 0.251 e. The number of carbonyl (C=O) groups excluding carboxylic acids is 1. The van der Waals surface area contributed by atoms with Crippen LogP contribution < -0.4 is 16.6 Å². The monoisotopic (exact) mass is 285 g/mol. The molecule has 1 aromatic rings. The molecule has 0 radical (unpaired) electrons. The second kappa shape index (κ2) is 6.15. The molecule has 1 amide bonds. The number of ether oxygens (including phenoxy) is 1. The van der Waals surface area contributed by atoms with Gasteiger partial charge in [0.1, 0.15) is 5.69 Å². The van der Waals surface area contributed by atoms with Crippen molar-refractivity contribution in [3.8, 4) is 0 Å². The van der Waals surface area contributed by atoms with Crippen molar-refractivity contribution in [2.24, 2.45) is 5.84 Å². The van der Waals surface area contributed by atoms with E-state index in [1.165, 1.54) is 0 Å². The van der Waals surface area contributed by atoms with E-state index in [0.29, 0.717) is 19.4 Å². The van der Waals surface area contributed by atoms with Gasteiger partial charge >= 0.3 is 0 Å². The highest BCUT2D eigenvalue weighted by Gasteiger charge is 2.22. The molecule has 2 unspecified atom stereocenters. The van der Waals surface area contributed by atoms with Crippen LogP contribution in [0.2, 0.25) is 0 Å². The van der Waals surface area contributed by atoms with Crippen LogP contribution in [0, 0.1) is 11.6 Å². The Morgan fingerprint density at radius 2 is 2.05 bits per heavy atom. The average Bonchev–Trinajstić information content (AvgIpc) is 2.38. The summed E-state index contributed by atoms with van der Waals surface area (Å²) in [5.41, 5.74) is 1.39. The van der Waals surface area contributed by atoms with E-state index >= 15 is 0 Å². The summed E-state index contributed by atoms with van der Waals surface area (Å²) >= 11 is 0. The molecule has 0 spiro atoms. The zero-order chi connectivity index (χ0) is 14.7. The fourth-order valence-corrected chi connectivity index (χ4v) is 2.24. The molecule has 0 aromatic heterocycles. The van der Waals surface area contributed by atoms with Crippen LogP contribution in [0.5, 0.6) is 0 Å². The van der Waals surface area contributed by atoms with Crippen molar-refractivity contribution < 1.29 is 18.3 Å². The predicted octanol–water partition coefficient (Wildman–Crippen LogP) is 1.55. The summed E-state index contributed by atoms with van der Waals surface area (Å²) in [6.45, 7) is 2.48. The molecule has 2 atom stereocenters. The molecule has 1 heterocycles. The van der Waals surface area contributed by atoms with Gasteiger partial charge in [-0.2, -0.15) is 0 Å². The van der Waals surface area contributed by atoms with Gasteiger partial charge in [0, 0.05) is 18.2 Å². The Balaban J connectivity index is 2.09. The summed E-state index contributed by atoms with van der Waals surface area (Å²) in [5, 5.41) is 2.75. The second-order valence-corrected chi connectivity index (χ2v) is 4.84. The number of benzene rings is 1. The predicted molar refractivity (Wildman–Crippen MR) is 70.1 cm³/mol. The van der Waals surface area contributed by atoms with Crippen molar-refractivity contribution >= 4 is 11.6 Å². The number of carbonyl (C=O) groups is 1. The molecule has 7 heteroatoms. The highest BCUT2D eigenvalue weighted by molar-refractivity contribution is 5.94. The second-order valence-electron chi connectivity index (χ2n) is 4.84. The van der Waals surface area contributed by atoms with Gasteiger partial charge in [-0.3, -0.25) is 10.6 Å². The molecule has 20 heavy (non-hydrogen) atoms. The maximum absolute atomic E-state index is 13.5. The summed E-state index contributed by atoms with van der Waals surface area (Å²) in [4.78, 5) is 12.0. The number of hydrogen-bond acceptors (Lipinski definition) is 4. The number of anilines is 1. The quantitative estimate of drug-likeness (QED) is 0.582. The number of nitrogens with one attached hydrogen (secondary N) is 2. The van der Waals surface area contributed by atoms with Crippen molar-refractivity contribution in [3.05, 3.63) is 29.3 Å². The first-order chi connectivity index (χ1) is 9.51. The normalized spacial score (nSPS) is 22.4. The maximum Gasteiger partial charge on any atom is 0.251 e. The maximum atomic E-state index is 13.5. The Hall–Kier alpha value is -1.73. The first-order valence-electron chi connectivity index (χ1n) is 6.39. The number of rotatable bonds is 3. The Kier molecular flexibility index (Phi) is 4.51. The van der Waals surface area contributed by atoms with Crippen molar-refractivity contribution in [1.82, 2.24) is 5.32 Å². The van der Waals surface area contributed by atoms with Crippen LogP contribution in [0.1, 0.15) is 30.1 Å². The summed E-state index contributed by atoms with van der Waals surface area (Å²) in [6, 6.07) is 1.86. The van der Waals surface area contributed by atoms with Crippen molar-refractivity contribution in [3.63, 3.8) is 0 Å². The van der Waals surface area contributed by atoms with Crippen LogP contribution in [0.25, 0.3) is 0 Å². The Labute approximate surface area is 115 Å². The van der Waals surface area contributed by atoms with Crippen molar-refractivity contribution in [2.75, 3.05) is 12.0 Å². The zero-order valence-electron chi connectivity index (χ0n) is 11.1. The van der Waals surface area contributed by atoms with Gasteiger partial charge in [0.2, 0.25) is 0 Å². The Morgan fingerprint density at radius 3 is 2.60 bits per heavy atom. The molecule has 0 saturated carbocycles. The van der Waals surface area contributed by atoms with E-state index in [0.717, 1.165) is 12.1 Å². The lowest BCUT2D eigenvalue weighted by atomic mass is 10.0. The van der Waals surface area contributed by atoms with Crippen LogP contribution in [-0.2, 0) is 4.74 Å². The van der Waals surface area contributed by atoms with E-state index in [9.17, 15) is 13.6 Å². The first-order valence-corrected chi connectivity index (χ1v) is 6.39.